The Morgan fingerprint density at radius 1 is 1.12 bits per heavy atom. The van der Waals surface area contributed by atoms with Gasteiger partial charge in [0.1, 0.15) is 5.01 Å². The zero-order chi connectivity index (χ0) is 17.6. The van der Waals surface area contributed by atoms with E-state index in [-0.39, 0.29) is 0 Å². The molecule has 0 atom stereocenters. The maximum atomic E-state index is 6.01. The second-order valence-electron chi connectivity index (χ2n) is 6.12. The van der Waals surface area contributed by atoms with Crippen molar-refractivity contribution >= 4 is 28.6 Å². The van der Waals surface area contributed by atoms with E-state index in [4.69, 9.17) is 11.6 Å². The van der Waals surface area contributed by atoms with Gasteiger partial charge in [-0.15, -0.1) is 11.3 Å². The maximum Gasteiger partial charge on any atom is 0.107 e. The van der Waals surface area contributed by atoms with Crippen molar-refractivity contribution in [2.75, 3.05) is 25.5 Å². The number of aromatic nitrogens is 1. The highest BCUT2D eigenvalue weighted by molar-refractivity contribution is 7.15. The molecule has 0 radical (unpaired) electrons. The second-order valence-corrected chi connectivity index (χ2v) is 7.67. The van der Waals surface area contributed by atoms with Gasteiger partial charge in [-0.25, -0.2) is 4.98 Å². The van der Waals surface area contributed by atoms with Crippen molar-refractivity contribution in [3.05, 3.63) is 70.3 Å². The number of benzene rings is 2. The highest BCUT2D eigenvalue weighted by atomic mass is 35.5. The molecule has 25 heavy (non-hydrogen) atoms. The molecular weight excluding hydrogens is 350 g/mol. The molecule has 3 rings (SSSR count). The lowest BCUT2D eigenvalue weighted by Gasteiger charge is -2.12. The summed E-state index contributed by atoms with van der Waals surface area (Å²) in [6, 6.07) is 16.6. The van der Waals surface area contributed by atoms with Crippen LogP contribution in [0.4, 0.5) is 5.69 Å². The Hall–Kier alpha value is -1.88. The van der Waals surface area contributed by atoms with Gasteiger partial charge in [0.25, 0.3) is 0 Å². The lowest BCUT2D eigenvalue weighted by Crippen LogP contribution is -2.16. The van der Waals surface area contributed by atoms with E-state index in [1.54, 1.807) is 11.3 Å². The first-order chi connectivity index (χ1) is 12.1. The molecule has 1 aromatic heterocycles. The third kappa shape index (κ3) is 5.05. The van der Waals surface area contributed by atoms with Gasteiger partial charge in [0.15, 0.2) is 0 Å². The van der Waals surface area contributed by atoms with Gasteiger partial charge in [-0.05, 0) is 48.4 Å². The Balaban J connectivity index is 1.51. The third-order valence-corrected chi connectivity index (χ3v) is 5.26. The zero-order valence-electron chi connectivity index (χ0n) is 14.5. The smallest absolute Gasteiger partial charge is 0.107 e. The molecule has 0 saturated heterocycles. The van der Waals surface area contributed by atoms with Gasteiger partial charge in [-0.1, -0.05) is 35.9 Å². The lowest BCUT2D eigenvalue weighted by atomic mass is 10.1. The van der Waals surface area contributed by atoms with Crippen LogP contribution in [-0.4, -0.2) is 25.6 Å². The minimum Gasteiger partial charge on any atom is -0.378 e. The predicted octanol–water partition coefficient (Wildman–Crippen LogP) is 4.86. The van der Waals surface area contributed by atoms with Crippen molar-refractivity contribution in [2.45, 2.75) is 13.0 Å². The normalized spacial score (nSPS) is 10.8. The molecule has 2 aromatic carbocycles. The molecule has 3 aromatic rings. The molecule has 130 valence electrons. The molecule has 1 N–H and O–H groups in total. The van der Waals surface area contributed by atoms with Crippen LogP contribution in [0.5, 0.6) is 0 Å². The van der Waals surface area contributed by atoms with Crippen LogP contribution in [-0.2, 0) is 13.0 Å². The summed E-state index contributed by atoms with van der Waals surface area (Å²) in [5.41, 5.74) is 3.67. The molecule has 0 saturated carbocycles. The largest absolute Gasteiger partial charge is 0.378 e. The fraction of sp³-hybridized carbons (Fsp3) is 0.250. The van der Waals surface area contributed by atoms with Gasteiger partial charge in [0.05, 0.1) is 4.88 Å². The molecule has 3 nitrogen and oxygen atoms in total. The summed E-state index contributed by atoms with van der Waals surface area (Å²) in [6.07, 6.45) is 2.92. The van der Waals surface area contributed by atoms with Gasteiger partial charge in [-0.2, -0.15) is 0 Å². The summed E-state index contributed by atoms with van der Waals surface area (Å²) in [5, 5.41) is 5.36. The van der Waals surface area contributed by atoms with Crippen molar-refractivity contribution in [3.63, 3.8) is 0 Å². The van der Waals surface area contributed by atoms with E-state index in [9.17, 15) is 0 Å². The van der Waals surface area contributed by atoms with Gasteiger partial charge >= 0.3 is 0 Å². The first-order valence-electron chi connectivity index (χ1n) is 8.29. The number of halogens is 1. The van der Waals surface area contributed by atoms with Gasteiger partial charge < -0.3 is 10.2 Å². The first-order valence-corrected chi connectivity index (χ1v) is 9.49. The number of hydrogen-bond donors (Lipinski definition) is 1. The molecule has 0 spiro atoms. The summed E-state index contributed by atoms with van der Waals surface area (Å²) >= 11 is 7.75. The Morgan fingerprint density at radius 3 is 2.64 bits per heavy atom. The van der Waals surface area contributed by atoms with E-state index >= 15 is 0 Å². The van der Waals surface area contributed by atoms with E-state index in [0.29, 0.717) is 0 Å². The van der Waals surface area contributed by atoms with E-state index in [1.165, 1.54) is 21.7 Å². The lowest BCUT2D eigenvalue weighted by molar-refractivity contribution is 0.684. The fourth-order valence-electron chi connectivity index (χ4n) is 2.57. The van der Waals surface area contributed by atoms with Crippen LogP contribution in [0.25, 0.3) is 10.4 Å². The van der Waals surface area contributed by atoms with Crippen LogP contribution in [0.1, 0.15) is 10.6 Å². The quantitative estimate of drug-likeness (QED) is 0.601. The Kier molecular flexibility index (Phi) is 6.08. The predicted molar refractivity (Wildman–Crippen MR) is 109 cm³/mol. The van der Waals surface area contributed by atoms with E-state index in [1.807, 2.05) is 24.4 Å². The molecule has 0 unspecified atom stereocenters. The summed E-state index contributed by atoms with van der Waals surface area (Å²) in [4.78, 5) is 7.84. The average Bonchev–Trinajstić information content (AvgIpc) is 3.08. The van der Waals surface area contributed by atoms with Crippen molar-refractivity contribution in [1.82, 2.24) is 10.3 Å². The number of anilines is 1. The molecule has 0 fully saturated rings. The minimum absolute atomic E-state index is 0.793. The highest BCUT2D eigenvalue weighted by Gasteiger charge is 2.05. The maximum absolute atomic E-state index is 6.01. The number of nitrogens with one attached hydrogen (secondary N) is 1. The van der Waals surface area contributed by atoms with Crippen LogP contribution < -0.4 is 10.2 Å². The van der Waals surface area contributed by atoms with Crippen LogP contribution in [0, 0.1) is 0 Å². The van der Waals surface area contributed by atoms with Crippen molar-refractivity contribution < 1.29 is 0 Å². The summed E-state index contributed by atoms with van der Waals surface area (Å²) in [6.45, 7) is 1.70. The average molecular weight is 372 g/mol. The van der Waals surface area contributed by atoms with E-state index < -0.39 is 0 Å². The van der Waals surface area contributed by atoms with Gasteiger partial charge in [-0.3, -0.25) is 0 Å². The first kappa shape index (κ1) is 17.9. The van der Waals surface area contributed by atoms with Crippen LogP contribution in [0.15, 0.2) is 54.7 Å². The number of thiazole rings is 1. The summed E-state index contributed by atoms with van der Waals surface area (Å²) in [7, 11) is 4.10. The SMILES string of the molecule is CN(C)c1ccc(-c2cnc(CNCCc3cccc(Cl)c3)s2)cc1. The Bertz CT molecular complexity index is 812. The highest BCUT2D eigenvalue weighted by Crippen LogP contribution is 2.27. The minimum atomic E-state index is 0.793. The van der Waals surface area contributed by atoms with E-state index in [0.717, 1.165) is 29.5 Å². The number of nitrogens with zero attached hydrogens (tertiary/aromatic N) is 2. The Labute approximate surface area is 158 Å². The van der Waals surface area contributed by atoms with Crippen LogP contribution in [0.3, 0.4) is 0 Å². The molecule has 1 heterocycles. The van der Waals surface area contributed by atoms with Crippen LogP contribution >= 0.6 is 22.9 Å². The van der Waals surface area contributed by atoms with Crippen LogP contribution in [0.2, 0.25) is 5.02 Å². The molecular formula is C20H22ClN3S. The van der Waals surface area contributed by atoms with Gasteiger partial charge in [0.2, 0.25) is 0 Å². The van der Waals surface area contributed by atoms with Gasteiger partial charge in [0, 0.05) is 37.5 Å². The molecule has 0 aliphatic rings. The standard InChI is InChI=1S/C20H22ClN3S/c1-24(2)18-8-6-16(7-9-18)19-13-23-20(25-19)14-22-11-10-15-4-3-5-17(21)12-15/h3-9,12-13,22H,10-11,14H2,1-2H3. The molecule has 0 bridgehead atoms. The monoisotopic (exact) mass is 371 g/mol. The zero-order valence-corrected chi connectivity index (χ0v) is 16.1. The molecule has 0 aliphatic heterocycles. The van der Waals surface area contributed by atoms with Crippen molar-refractivity contribution in [2.24, 2.45) is 0 Å². The third-order valence-electron chi connectivity index (χ3n) is 3.98. The Morgan fingerprint density at radius 2 is 1.92 bits per heavy atom. The van der Waals surface area contributed by atoms with E-state index in [2.05, 4.69) is 59.6 Å². The fourth-order valence-corrected chi connectivity index (χ4v) is 3.68. The molecule has 0 aliphatic carbocycles. The topological polar surface area (TPSA) is 28.2 Å². The van der Waals surface area contributed by atoms with Crippen molar-refractivity contribution in [3.8, 4) is 10.4 Å². The number of rotatable bonds is 7. The van der Waals surface area contributed by atoms with Crippen molar-refractivity contribution in [1.29, 1.82) is 0 Å². The summed E-state index contributed by atoms with van der Waals surface area (Å²) < 4.78 is 0. The summed E-state index contributed by atoms with van der Waals surface area (Å²) in [5.74, 6) is 0. The second kappa shape index (κ2) is 8.48. The molecule has 0 amide bonds. The number of hydrogen-bond acceptors (Lipinski definition) is 4. The molecule has 5 heteroatoms.